The van der Waals surface area contributed by atoms with Crippen LogP contribution < -0.4 is 5.32 Å². The molecule has 1 atom stereocenters. The van der Waals surface area contributed by atoms with Crippen molar-refractivity contribution < 1.29 is 13.9 Å². The first kappa shape index (κ1) is 10.4. The molecule has 4 heteroatoms. The van der Waals surface area contributed by atoms with E-state index in [1.165, 1.54) is 0 Å². The van der Waals surface area contributed by atoms with Crippen molar-refractivity contribution in [2.45, 2.75) is 18.8 Å². The van der Waals surface area contributed by atoms with Crippen LogP contribution in [0.4, 0.5) is 8.78 Å². The summed E-state index contributed by atoms with van der Waals surface area (Å²) in [6.07, 6.45) is 1.82. The van der Waals surface area contributed by atoms with Crippen LogP contribution in [0.15, 0.2) is 12.1 Å². The summed E-state index contributed by atoms with van der Waals surface area (Å²) in [5, 5.41) is 12.1. The average Bonchev–Trinajstić information content (AvgIpc) is 2.25. The van der Waals surface area contributed by atoms with Crippen molar-refractivity contribution >= 4 is 0 Å². The SMILES string of the molecule is Oc1cc(F)c(C2CCCNC2)cc1F. The molecular weight excluding hydrogens is 200 g/mol. The Kier molecular flexibility index (Phi) is 2.86. The van der Waals surface area contributed by atoms with Gasteiger partial charge < -0.3 is 10.4 Å². The van der Waals surface area contributed by atoms with Crippen molar-refractivity contribution in [2.75, 3.05) is 13.1 Å². The Labute approximate surface area is 86.9 Å². The minimum Gasteiger partial charge on any atom is -0.505 e. The van der Waals surface area contributed by atoms with Crippen molar-refractivity contribution in [3.63, 3.8) is 0 Å². The zero-order valence-corrected chi connectivity index (χ0v) is 8.26. The lowest BCUT2D eigenvalue weighted by atomic mass is 9.91. The second kappa shape index (κ2) is 4.14. The molecule has 1 unspecified atom stereocenters. The summed E-state index contributed by atoms with van der Waals surface area (Å²) in [6.45, 7) is 1.60. The zero-order valence-electron chi connectivity index (χ0n) is 8.26. The molecule has 1 aromatic carbocycles. The predicted molar refractivity (Wildman–Crippen MR) is 52.9 cm³/mol. The van der Waals surface area contributed by atoms with Crippen LogP contribution in [0.2, 0.25) is 0 Å². The summed E-state index contributed by atoms with van der Waals surface area (Å²) < 4.78 is 26.5. The Balaban J connectivity index is 2.30. The first-order valence-electron chi connectivity index (χ1n) is 5.07. The second-order valence-electron chi connectivity index (χ2n) is 3.87. The lowest BCUT2D eigenvalue weighted by molar-refractivity contribution is 0.413. The van der Waals surface area contributed by atoms with Crippen molar-refractivity contribution in [2.24, 2.45) is 0 Å². The highest BCUT2D eigenvalue weighted by atomic mass is 19.1. The van der Waals surface area contributed by atoms with Crippen molar-refractivity contribution in [3.8, 4) is 5.75 Å². The number of nitrogens with one attached hydrogen (secondary N) is 1. The van der Waals surface area contributed by atoms with Gasteiger partial charge >= 0.3 is 0 Å². The first-order chi connectivity index (χ1) is 7.18. The fraction of sp³-hybridized carbons (Fsp3) is 0.455. The maximum Gasteiger partial charge on any atom is 0.165 e. The van der Waals surface area contributed by atoms with E-state index in [1.807, 2.05) is 0 Å². The maximum atomic E-state index is 13.5. The summed E-state index contributed by atoms with van der Waals surface area (Å²) in [5.41, 5.74) is 0.359. The number of aromatic hydroxyl groups is 1. The van der Waals surface area contributed by atoms with E-state index in [-0.39, 0.29) is 5.92 Å². The minimum absolute atomic E-state index is 0.00819. The summed E-state index contributed by atoms with van der Waals surface area (Å²) in [5.74, 6) is -1.89. The topological polar surface area (TPSA) is 32.3 Å². The maximum absolute atomic E-state index is 13.5. The molecule has 0 bridgehead atoms. The number of hydrogen-bond acceptors (Lipinski definition) is 2. The smallest absolute Gasteiger partial charge is 0.165 e. The second-order valence-corrected chi connectivity index (χ2v) is 3.87. The summed E-state index contributed by atoms with van der Waals surface area (Å²) in [4.78, 5) is 0. The fourth-order valence-corrected chi connectivity index (χ4v) is 1.98. The van der Waals surface area contributed by atoms with Crippen LogP contribution in [0, 0.1) is 11.6 Å². The monoisotopic (exact) mass is 213 g/mol. The highest BCUT2D eigenvalue weighted by molar-refractivity contribution is 5.32. The number of halogens is 2. The van der Waals surface area contributed by atoms with Crippen LogP contribution in [-0.2, 0) is 0 Å². The molecule has 1 aromatic rings. The van der Waals surface area contributed by atoms with E-state index in [0.717, 1.165) is 31.5 Å². The van der Waals surface area contributed by atoms with Gasteiger partial charge in [0.05, 0.1) is 0 Å². The van der Waals surface area contributed by atoms with Gasteiger partial charge in [-0.25, -0.2) is 8.78 Å². The molecule has 1 aliphatic heterocycles. The molecule has 1 saturated heterocycles. The number of phenolic OH excluding ortho intramolecular Hbond substituents is 1. The van der Waals surface area contributed by atoms with Gasteiger partial charge in [0.15, 0.2) is 11.6 Å². The molecule has 0 aliphatic carbocycles. The van der Waals surface area contributed by atoms with Gasteiger partial charge in [-0.15, -0.1) is 0 Å². The molecule has 0 amide bonds. The minimum atomic E-state index is -0.753. The van der Waals surface area contributed by atoms with Gasteiger partial charge in [0.2, 0.25) is 0 Å². The van der Waals surface area contributed by atoms with Gasteiger partial charge in [0.25, 0.3) is 0 Å². The Bertz CT molecular complexity index is 362. The molecule has 0 spiro atoms. The summed E-state index contributed by atoms with van der Waals surface area (Å²) >= 11 is 0. The lowest BCUT2D eigenvalue weighted by Gasteiger charge is -2.23. The van der Waals surface area contributed by atoms with Crippen LogP contribution in [0.25, 0.3) is 0 Å². The van der Waals surface area contributed by atoms with Gasteiger partial charge in [-0.05, 0) is 36.9 Å². The highest BCUT2D eigenvalue weighted by Gasteiger charge is 2.20. The molecule has 2 rings (SSSR count). The van der Waals surface area contributed by atoms with Gasteiger partial charge in [-0.1, -0.05) is 0 Å². The Morgan fingerprint density at radius 1 is 1.27 bits per heavy atom. The summed E-state index contributed by atoms with van der Waals surface area (Å²) in [7, 11) is 0. The molecule has 82 valence electrons. The average molecular weight is 213 g/mol. The number of rotatable bonds is 1. The molecule has 1 aliphatic rings. The third kappa shape index (κ3) is 2.09. The van der Waals surface area contributed by atoms with Crippen LogP contribution in [-0.4, -0.2) is 18.2 Å². The van der Waals surface area contributed by atoms with Crippen LogP contribution in [0.3, 0.4) is 0 Å². The van der Waals surface area contributed by atoms with E-state index in [1.54, 1.807) is 0 Å². The Morgan fingerprint density at radius 2 is 2.07 bits per heavy atom. The van der Waals surface area contributed by atoms with E-state index < -0.39 is 17.4 Å². The first-order valence-corrected chi connectivity index (χ1v) is 5.07. The van der Waals surface area contributed by atoms with E-state index in [0.29, 0.717) is 12.1 Å². The number of phenols is 1. The number of hydrogen-bond donors (Lipinski definition) is 2. The number of benzene rings is 1. The molecular formula is C11H13F2NO. The van der Waals surface area contributed by atoms with Gasteiger partial charge in [0, 0.05) is 12.6 Å². The predicted octanol–water partition coefficient (Wildman–Crippen LogP) is 2.14. The highest BCUT2D eigenvalue weighted by Crippen LogP contribution is 2.29. The molecule has 2 N–H and O–H groups in total. The standard InChI is InChI=1S/C11H13F2NO/c12-9-5-11(15)10(13)4-8(9)7-2-1-3-14-6-7/h4-5,7,14-15H,1-3,6H2. The van der Waals surface area contributed by atoms with Crippen LogP contribution >= 0.6 is 0 Å². The molecule has 15 heavy (non-hydrogen) atoms. The molecule has 1 heterocycles. The lowest BCUT2D eigenvalue weighted by Crippen LogP contribution is -2.28. The number of piperidine rings is 1. The largest absolute Gasteiger partial charge is 0.505 e. The van der Waals surface area contributed by atoms with E-state index in [4.69, 9.17) is 5.11 Å². The third-order valence-electron chi connectivity index (χ3n) is 2.80. The molecule has 0 saturated carbocycles. The molecule has 1 fully saturated rings. The van der Waals surface area contributed by atoms with Gasteiger partial charge in [-0.2, -0.15) is 0 Å². The Hall–Kier alpha value is -1.16. The zero-order chi connectivity index (χ0) is 10.8. The molecule has 0 aromatic heterocycles. The summed E-state index contributed by atoms with van der Waals surface area (Å²) in [6, 6.07) is 1.95. The quantitative estimate of drug-likeness (QED) is 0.749. The fourth-order valence-electron chi connectivity index (χ4n) is 1.98. The van der Waals surface area contributed by atoms with E-state index in [9.17, 15) is 8.78 Å². The van der Waals surface area contributed by atoms with Crippen molar-refractivity contribution in [3.05, 3.63) is 29.3 Å². The van der Waals surface area contributed by atoms with Crippen LogP contribution in [0.1, 0.15) is 24.3 Å². The molecule has 0 radical (unpaired) electrons. The normalized spacial score (nSPS) is 21.6. The Morgan fingerprint density at radius 3 is 2.73 bits per heavy atom. The van der Waals surface area contributed by atoms with E-state index >= 15 is 0 Å². The van der Waals surface area contributed by atoms with Gasteiger partial charge in [-0.3, -0.25) is 0 Å². The van der Waals surface area contributed by atoms with Crippen molar-refractivity contribution in [1.82, 2.24) is 5.32 Å². The molecule has 2 nitrogen and oxygen atoms in total. The van der Waals surface area contributed by atoms with Gasteiger partial charge in [0.1, 0.15) is 5.82 Å². The van der Waals surface area contributed by atoms with Crippen molar-refractivity contribution in [1.29, 1.82) is 0 Å². The van der Waals surface area contributed by atoms with Crippen LogP contribution in [0.5, 0.6) is 5.75 Å². The van der Waals surface area contributed by atoms with E-state index in [2.05, 4.69) is 5.32 Å². The third-order valence-corrected chi connectivity index (χ3v) is 2.80.